The van der Waals surface area contributed by atoms with Gasteiger partial charge in [0.15, 0.2) is 0 Å². The third-order valence-electron chi connectivity index (χ3n) is 3.83. The summed E-state index contributed by atoms with van der Waals surface area (Å²) >= 11 is 0. The molecule has 0 radical (unpaired) electrons. The standard InChI is InChI=1S/C16H19F3N4O/c17-16(18,19)11-23-6-5-13(10-23)8-22-15(24)9-21-14-3-1-12(7-20)2-4-14/h1-4,13,21H,5-6,8-11H2,(H,22,24)/t13-/m0/s1. The number of likely N-dealkylation sites (tertiary alicyclic amines) is 1. The lowest BCUT2D eigenvalue weighted by Crippen LogP contribution is -2.36. The van der Waals surface area contributed by atoms with Crippen LogP contribution in [0.1, 0.15) is 12.0 Å². The molecular formula is C16H19F3N4O. The van der Waals surface area contributed by atoms with Crippen molar-refractivity contribution in [1.29, 1.82) is 5.26 Å². The Hall–Kier alpha value is -2.27. The van der Waals surface area contributed by atoms with Gasteiger partial charge >= 0.3 is 6.18 Å². The Morgan fingerprint density at radius 2 is 2.04 bits per heavy atom. The van der Waals surface area contributed by atoms with E-state index in [1.54, 1.807) is 24.3 Å². The number of carbonyl (C=O) groups is 1. The smallest absolute Gasteiger partial charge is 0.376 e. The Morgan fingerprint density at radius 1 is 1.33 bits per heavy atom. The maximum absolute atomic E-state index is 12.3. The molecule has 1 aliphatic rings. The van der Waals surface area contributed by atoms with Gasteiger partial charge in [-0.15, -0.1) is 0 Å². The van der Waals surface area contributed by atoms with Gasteiger partial charge in [-0.25, -0.2) is 0 Å². The van der Waals surface area contributed by atoms with Crippen LogP contribution in [0.3, 0.4) is 0 Å². The Bertz CT molecular complexity index is 595. The summed E-state index contributed by atoms with van der Waals surface area (Å²) < 4.78 is 37.0. The molecule has 2 rings (SSSR count). The van der Waals surface area contributed by atoms with E-state index < -0.39 is 12.7 Å². The number of hydrogen-bond donors (Lipinski definition) is 2. The van der Waals surface area contributed by atoms with Crippen molar-refractivity contribution in [2.75, 3.05) is 38.0 Å². The second kappa shape index (κ2) is 8.02. The number of amides is 1. The topological polar surface area (TPSA) is 68.2 Å². The van der Waals surface area contributed by atoms with Gasteiger partial charge in [-0.3, -0.25) is 9.69 Å². The third-order valence-corrected chi connectivity index (χ3v) is 3.83. The molecule has 0 unspecified atom stereocenters. The number of benzene rings is 1. The molecule has 0 bridgehead atoms. The summed E-state index contributed by atoms with van der Waals surface area (Å²) in [7, 11) is 0. The lowest BCUT2D eigenvalue weighted by Gasteiger charge is -2.18. The number of hydrogen-bond acceptors (Lipinski definition) is 4. The molecule has 0 aromatic heterocycles. The van der Waals surface area contributed by atoms with E-state index in [-0.39, 0.29) is 18.4 Å². The van der Waals surface area contributed by atoms with Gasteiger partial charge in [0, 0.05) is 18.8 Å². The second-order valence-electron chi connectivity index (χ2n) is 5.85. The molecule has 1 fully saturated rings. The molecule has 1 saturated heterocycles. The molecule has 130 valence electrons. The molecule has 1 aromatic carbocycles. The van der Waals surface area contributed by atoms with Gasteiger partial charge in [-0.05, 0) is 43.1 Å². The van der Waals surface area contributed by atoms with Crippen LogP contribution >= 0.6 is 0 Å². The minimum Gasteiger partial charge on any atom is -0.376 e. The lowest BCUT2D eigenvalue weighted by molar-refractivity contribution is -0.143. The number of rotatable bonds is 6. The summed E-state index contributed by atoms with van der Waals surface area (Å²) in [4.78, 5) is 13.2. The van der Waals surface area contributed by atoms with Gasteiger partial charge in [-0.1, -0.05) is 0 Å². The molecule has 2 N–H and O–H groups in total. The van der Waals surface area contributed by atoms with E-state index in [0.29, 0.717) is 31.6 Å². The number of nitrogens with zero attached hydrogens (tertiary/aromatic N) is 2. The first-order valence-corrected chi connectivity index (χ1v) is 7.65. The van der Waals surface area contributed by atoms with Crippen molar-refractivity contribution in [2.24, 2.45) is 5.92 Å². The number of nitriles is 1. The molecule has 1 atom stereocenters. The van der Waals surface area contributed by atoms with Gasteiger partial charge in [0.05, 0.1) is 24.7 Å². The highest BCUT2D eigenvalue weighted by Gasteiger charge is 2.34. The average Bonchev–Trinajstić information content (AvgIpc) is 2.97. The van der Waals surface area contributed by atoms with Crippen LogP contribution < -0.4 is 10.6 Å². The summed E-state index contributed by atoms with van der Waals surface area (Å²) in [6.07, 6.45) is -3.53. The van der Waals surface area contributed by atoms with Crippen molar-refractivity contribution in [2.45, 2.75) is 12.6 Å². The molecule has 0 saturated carbocycles. The van der Waals surface area contributed by atoms with Gasteiger partial charge < -0.3 is 10.6 Å². The van der Waals surface area contributed by atoms with Crippen LogP contribution in [0.25, 0.3) is 0 Å². The second-order valence-corrected chi connectivity index (χ2v) is 5.85. The average molecular weight is 340 g/mol. The van der Waals surface area contributed by atoms with Crippen molar-refractivity contribution < 1.29 is 18.0 Å². The van der Waals surface area contributed by atoms with E-state index in [9.17, 15) is 18.0 Å². The fraction of sp³-hybridized carbons (Fsp3) is 0.500. The van der Waals surface area contributed by atoms with E-state index in [1.165, 1.54) is 4.90 Å². The molecule has 1 aromatic rings. The summed E-state index contributed by atoms with van der Waals surface area (Å²) in [6.45, 7) is 0.317. The minimum atomic E-state index is -4.18. The predicted molar refractivity (Wildman–Crippen MR) is 83.3 cm³/mol. The van der Waals surface area contributed by atoms with E-state index in [1.807, 2.05) is 6.07 Å². The van der Waals surface area contributed by atoms with E-state index in [4.69, 9.17) is 5.26 Å². The highest BCUT2D eigenvalue weighted by atomic mass is 19.4. The summed E-state index contributed by atoms with van der Waals surface area (Å²) in [5.41, 5.74) is 1.26. The van der Waals surface area contributed by atoms with Crippen LogP contribution in [0.5, 0.6) is 0 Å². The fourth-order valence-electron chi connectivity index (χ4n) is 2.64. The van der Waals surface area contributed by atoms with Crippen molar-refractivity contribution in [3.8, 4) is 6.07 Å². The first-order chi connectivity index (χ1) is 11.4. The van der Waals surface area contributed by atoms with E-state index in [2.05, 4.69) is 10.6 Å². The molecule has 1 heterocycles. The molecule has 1 amide bonds. The number of nitrogens with one attached hydrogen (secondary N) is 2. The van der Waals surface area contributed by atoms with Gasteiger partial charge in [0.2, 0.25) is 5.91 Å². The van der Waals surface area contributed by atoms with Crippen LogP contribution in [0, 0.1) is 17.2 Å². The highest BCUT2D eigenvalue weighted by molar-refractivity contribution is 5.80. The van der Waals surface area contributed by atoms with E-state index >= 15 is 0 Å². The summed E-state index contributed by atoms with van der Waals surface area (Å²) in [6, 6.07) is 8.71. The normalized spacial score (nSPS) is 18.2. The zero-order chi connectivity index (χ0) is 17.6. The summed E-state index contributed by atoms with van der Waals surface area (Å²) in [5, 5.41) is 14.4. The Labute approximate surface area is 138 Å². The quantitative estimate of drug-likeness (QED) is 0.831. The van der Waals surface area contributed by atoms with Crippen molar-refractivity contribution in [3.63, 3.8) is 0 Å². The zero-order valence-corrected chi connectivity index (χ0v) is 13.1. The molecule has 0 spiro atoms. The van der Waals surface area contributed by atoms with Crippen LogP contribution in [0.2, 0.25) is 0 Å². The zero-order valence-electron chi connectivity index (χ0n) is 13.1. The first-order valence-electron chi connectivity index (χ1n) is 7.65. The van der Waals surface area contributed by atoms with Gasteiger partial charge in [0.25, 0.3) is 0 Å². The Balaban J connectivity index is 1.65. The lowest BCUT2D eigenvalue weighted by atomic mass is 10.1. The Kier molecular flexibility index (Phi) is 6.04. The SMILES string of the molecule is N#Cc1ccc(NCC(=O)NC[C@@H]2CCN(CC(F)(F)F)C2)cc1. The Morgan fingerprint density at radius 3 is 2.67 bits per heavy atom. The molecule has 8 heteroatoms. The number of anilines is 1. The largest absolute Gasteiger partial charge is 0.401 e. The number of carbonyl (C=O) groups excluding carboxylic acids is 1. The molecular weight excluding hydrogens is 321 g/mol. The van der Waals surface area contributed by atoms with Crippen LogP contribution in [0.4, 0.5) is 18.9 Å². The van der Waals surface area contributed by atoms with Crippen LogP contribution in [-0.4, -0.2) is 49.7 Å². The monoisotopic (exact) mass is 340 g/mol. The van der Waals surface area contributed by atoms with Crippen molar-refractivity contribution in [1.82, 2.24) is 10.2 Å². The predicted octanol–water partition coefficient (Wildman–Crippen LogP) is 1.97. The number of alkyl halides is 3. The molecule has 1 aliphatic heterocycles. The van der Waals surface area contributed by atoms with Crippen LogP contribution in [-0.2, 0) is 4.79 Å². The van der Waals surface area contributed by atoms with Crippen molar-refractivity contribution >= 4 is 11.6 Å². The molecule has 24 heavy (non-hydrogen) atoms. The molecule has 5 nitrogen and oxygen atoms in total. The minimum absolute atomic E-state index is 0.0474. The van der Waals surface area contributed by atoms with Gasteiger partial charge in [-0.2, -0.15) is 18.4 Å². The van der Waals surface area contributed by atoms with E-state index in [0.717, 1.165) is 5.69 Å². The maximum Gasteiger partial charge on any atom is 0.401 e. The van der Waals surface area contributed by atoms with Crippen LogP contribution in [0.15, 0.2) is 24.3 Å². The maximum atomic E-state index is 12.3. The fourth-order valence-corrected chi connectivity index (χ4v) is 2.64. The van der Waals surface area contributed by atoms with Gasteiger partial charge in [0.1, 0.15) is 0 Å². The first kappa shape index (κ1) is 18.1. The van der Waals surface area contributed by atoms with Crippen molar-refractivity contribution in [3.05, 3.63) is 29.8 Å². The summed E-state index contributed by atoms with van der Waals surface area (Å²) in [5.74, 6) is -0.167. The molecule has 0 aliphatic carbocycles. The highest BCUT2D eigenvalue weighted by Crippen LogP contribution is 2.22. The third kappa shape index (κ3) is 6.08. The number of halogens is 3.